The lowest BCUT2D eigenvalue weighted by Gasteiger charge is -2.29. The number of benzene rings is 1. The highest BCUT2D eigenvalue weighted by molar-refractivity contribution is 6.18. The van der Waals surface area contributed by atoms with Crippen LogP contribution in [-0.2, 0) is 19.1 Å². The smallest absolute Gasteiger partial charge is 0.348 e. The van der Waals surface area contributed by atoms with Crippen molar-refractivity contribution in [3.05, 3.63) is 29.3 Å². The van der Waals surface area contributed by atoms with E-state index in [0.29, 0.717) is 30.3 Å². The monoisotopic (exact) mass is 320 g/mol. The van der Waals surface area contributed by atoms with E-state index in [2.05, 4.69) is 0 Å². The van der Waals surface area contributed by atoms with E-state index in [1.165, 1.54) is 19.9 Å². The first-order chi connectivity index (χ1) is 10.8. The maximum Gasteiger partial charge on any atom is 0.348 e. The lowest BCUT2D eigenvalue weighted by atomic mass is 10.1. The Morgan fingerprint density at radius 3 is 1.87 bits per heavy atom. The van der Waals surface area contributed by atoms with Crippen molar-refractivity contribution in [1.29, 1.82) is 0 Å². The van der Waals surface area contributed by atoms with Gasteiger partial charge in [0.05, 0.1) is 13.2 Å². The Morgan fingerprint density at radius 1 is 0.957 bits per heavy atom. The van der Waals surface area contributed by atoms with E-state index in [1.807, 2.05) is 13.8 Å². The van der Waals surface area contributed by atoms with Crippen LogP contribution in [0.5, 0.6) is 11.5 Å². The molecule has 6 nitrogen and oxygen atoms in total. The quantitative estimate of drug-likeness (QED) is 0.472. The van der Waals surface area contributed by atoms with Crippen LogP contribution < -0.4 is 9.47 Å². The molecule has 1 saturated heterocycles. The summed E-state index contributed by atoms with van der Waals surface area (Å²) in [6, 6.07) is 5.16. The van der Waals surface area contributed by atoms with Crippen LogP contribution in [0.2, 0.25) is 0 Å². The van der Waals surface area contributed by atoms with Gasteiger partial charge in [0, 0.05) is 19.9 Å². The maximum atomic E-state index is 12.0. The highest BCUT2D eigenvalue weighted by Gasteiger charge is 2.38. The van der Waals surface area contributed by atoms with Crippen LogP contribution in [0.3, 0.4) is 0 Å². The number of carbonyl (C=O) groups excluding carboxylic acids is 2. The summed E-state index contributed by atoms with van der Waals surface area (Å²) in [7, 11) is 0. The molecular formula is C17H20O6. The molecule has 1 aromatic carbocycles. The summed E-state index contributed by atoms with van der Waals surface area (Å²) in [5, 5.41) is 0. The van der Waals surface area contributed by atoms with Crippen molar-refractivity contribution in [2.24, 2.45) is 0 Å². The van der Waals surface area contributed by atoms with E-state index in [1.54, 1.807) is 18.2 Å². The molecule has 0 bridgehead atoms. The van der Waals surface area contributed by atoms with E-state index >= 15 is 0 Å². The van der Waals surface area contributed by atoms with E-state index in [4.69, 9.17) is 18.9 Å². The Hall–Kier alpha value is -2.50. The molecule has 0 aliphatic carbocycles. The molecule has 124 valence electrons. The zero-order valence-corrected chi connectivity index (χ0v) is 13.7. The minimum Gasteiger partial charge on any atom is -0.494 e. The molecule has 2 rings (SSSR count). The van der Waals surface area contributed by atoms with Gasteiger partial charge in [0.15, 0.2) is 0 Å². The molecule has 0 saturated carbocycles. The van der Waals surface area contributed by atoms with Gasteiger partial charge in [-0.05, 0) is 37.6 Å². The van der Waals surface area contributed by atoms with Crippen molar-refractivity contribution in [2.75, 3.05) is 13.2 Å². The van der Waals surface area contributed by atoms with Gasteiger partial charge in [0.2, 0.25) is 0 Å². The Kier molecular flexibility index (Phi) is 4.93. The molecule has 0 atom stereocenters. The van der Waals surface area contributed by atoms with Crippen LogP contribution >= 0.6 is 0 Å². The molecule has 0 radical (unpaired) electrons. The van der Waals surface area contributed by atoms with Crippen molar-refractivity contribution in [1.82, 2.24) is 0 Å². The Balaban J connectivity index is 2.37. The Morgan fingerprint density at radius 2 is 1.43 bits per heavy atom. The molecule has 1 fully saturated rings. The zero-order valence-electron chi connectivity index (χ0n) is 13.7. The van der Waals surface area contributed by atoms with Gasteiger partial charge in [-0.2, -0.15) is 0 Å². The zero-order chi connectivity index (χ0) is 17.0. The molecule has 23 heavy (non-hydrogen) atoms. The molecular weight excluding hydrogens is 300 g/mol. The topological polar surface area (TPSA) is 71.1 Å². The lowest BCUT2D eigenvalue weighted by Crippen LogP contribution is -2.41. The Bertz CT molecular complexity index is 598. The second-order valence-electron chi connectivity index (χ2n) is 5.34. The molecule has 0 N–H and O–H groups in total. The average Bonchev–Trinajstić information content (AvgIpc) is 2.42. The average molecular weight is 320 g/mol. The standard InChI is InChI=1S/C17H20O6/c1-5-20-12-7-11(8-13(10-12)21-6-2)9-14-15(18)22-17(3,4)23-16(14)19/h7-10H,5-6H2,1-4H3. The summed E-state index contributed by atoms with van der Waals surface area (Å²) >= 11 is 0. The van der Waals surface area contributed by atoms with Crippen molar-refractivity contribution >= 4 is 18.0 Å². The SMILES string of the molecule is CCOc1cc(C=C2C(=O)OC(C)(C)OC2=O)cc(OCC)c1. The molecule has 0 amide bonds. The molecule has 1 heterocycles. The van der Waals surface area contributed by atoms with Gasteiger partial charge in [-0.25, -0.2) is 9.59 Å². The third kappa shape index (κ3) is 4.25. The van der Waals surface area contributed by atoms with Gasteiger partial charge in [0.25, 0.3) is 5.79 Å². The third-order valence-electron chi connectivity index (χ3n) is 2.95. The van der Waals surface area contributed by atoms with Crippen molar-refractivity contribution in [3.8, 4) is 11.5 Å². The van der Waals surface area contributed by atoms with Crippen LogP contribution in [0, 0.1) is 0 Å². The fourth-order valence-corrected chi connectivity index (χ4v) is 2.12. The van der Waals surface area contributed by atoms with Crippen LogP contribution in [0.15, 0.2) is 23.8 Å². The number of rotatable bonds is 5. The fourth-order valence-electron chi connectivity index (χ4n) is 2.12. The van der Waals surface area contributed by atoms with Crippen molar-refractivity contribution in [2.45, 2.75) is 33.5 Å². The largest absolute Gasteiger partial charge is 0.494 e. The fraction of sp³-hybridized carbons (Fsp3) is 0.412. The van der Waals surface area contributed by atoms with Gasteiger partial charge in [-0.1, -0.05) is 0 Å². The minimum atomic E-state index is -1.25. The first kappa shape index (κ1) is 16.9. The molecule has 6 heteroatoms. The summed E-state index contributed by atoms with van der Waals surface area (Å²) in [6.07, 6.45) is 1.41. The lowest BCUT2D eigenvalue weighted by molar-refractivity contribution is -0.222. The normalized spacial score (nSPS) is 16.4. The first-order valence-corrected chi connectivity index (χ1v) is 7.43. The molecule has 0 aromatic heterocycles. The van der Waals surface area contributed by atoms with Gasteiger partial charge >= 0.3 is 11.9 Å². The van der Waals surface area contributed by atoms with E-state index in [9.17, 15) is 9.59 Å². The molecule has 1 aliphatic heterocycles. The first-order valence-electron chi connectivity index (χ1n) is 7.43. The number of ether oxygens (including phenoxy) is 4. The van der Waals surface area contributed by atoms with E-state index < -0.39 is 17.7 Å². The summed E-state index contributed by atoms with van der Waals surface area (Å²) in [5.74, 6) is -1.52. The molecule has 1 aliphatic rings. The third-order valence-corrected chi connectivity index (χ3v) is 2.95. The van der Waals surface area contributed by atoms with Gasteiger partial charge < -0.3 is 18.9 Å². The van der Waals surface area contributed by atoms with E-state index in [0.717, 1.165) is 0 Å². The van der Waals surface area contributed by atoms with Crippen molar-refractivity contribution in [3.63, 3.8) is 0 Å². The number of carbonyl (C=O) groups is 2. The van der Waals surface area contributed by atoms with Crippen LogP contribution in [0.1, 0.15) is 33.3 Å². The molecule has 0 unspecified atom stereocenters. The second kappa shape index (κ2) is 6.73. The Labute approximate surface area is 135 Å². The van der Waals surface area contributed by atoms with Gasteiger partial charge in [-0.15, -0.1) is 0 Å². The van der Waals surface area contributed by atoms with Gasteiger partial charge in [-0.3, -0.25) is 0 Å². The van der Waals surface area contributed by atoms with E-state index in [-0.39, 0.29) is 5.57 Å². The number of hydrogen-bond acceptors (Lipinski definition) is 6. The summed E-state index contributed by atoms with van der Waals surface area (Å²) in [5.41, 5.74) is 0.420. The minimum absolute atomic E-state index is 0.166. The molecule has 1 aromatic rings. The highest BCUT2D eigenvalue weighted by atomic mass is 16.7. The van der Waals surface area contributed by atoms with Crippen LogP contribution in [-0.4, -0.2) is 30.9 Å². The number of esters is 2. The molecule has 0 spiro atoms. The second-order valence-corrected chi connectivity index (χ2v) is 5.34. The predicted molar refractivity (Wildman–Crippen MR) is 83.0 cm³/mol. The van der Waals surface area contributed by atoms with Gasteiger partial charge in [0.1, 0.15) is 17.1 Å². The van der Waals surface area contributed by atoms with Crippen LogP contribution in [0.4, 0.5) is 0 Å². The number of hydrogen-bond donors (Lipinski definition) is 0. The summed E-state index contributed by atoms with van der Waals surface area (Å²) in [4.78, 5) is 24.0. The van der Waals surface area contributed by atoms with Crippen LogP contribution in [0.25, 0.3) is 6.08 Å². The number of cyclic esters (lactones) is 2. The highest BCUT2D eigenvalue weighted by Crippen LogP contribution is 2.28. The maximum absolute atomic E-state index is 12.0. The summed E-state index contributed by atoms with van der Waals surface area (Å²) < 4.78 is 21.1. The van der Waals surface area contributed by atoms with Crippen molar-refractivity contribution < 1.29 is 28.5 Å². The summed E-state index contributed by atoms with van der Waals surface area (Å²) in [6.45, 7) is 7.71. The predicted octanol–water partition coefficient (Wildman–Crippen LogP) is 2.70.